The lowest BCUT2D eigenvalue weighted by molar-refractivity contribution is -0.125. The molecule has 1 aliphatic carbocycles. The molecule has 6 heteroatoms. The first kappa shape index (κ1) is 17.5. The van der Waals surface area contributed by atoms with E-state index in [1.807, 2.05) is 30.3 Å². The molecule has 1 saturated carbocycles. The minimum absolute atomic E-state index is 0.0912. The summed E-state index contributed by atoms with van der Waals surface area (Å²) in [5.41, 5.74) is 1.19. The maximum absolute atomic E-state index is 13.1. The number of amides is 2. The number of rotatable bonds is 5. The summed E-state index contributed by atoms with van der Waals surface area (Å²) in [6.07, 6.45) is 3.95. The Bertz CT molecular complexity index is 836. The quantitative estimate of drug-likeness (QED) is 0.883. The van der Waals surface area contributed by atoms with Crippen LogP contribution in [0.4, 0.5) is 0 Å². The zero-order valence-corrected chi connectivity index (χ0v) is 15.3. The van der Waals surface area contributed by atoms with E-state index in [0.717, 1.165) is 18.6 Å². The SMILES string of the molecule is Cc1ncccc1C(=O)N1C[C@@H](Oc2ccccc2)C[C@H]1C(=O)NC1CC1. The maximum Gasteiger partial charge on any atom is 0.256 e. The lowest BCUT2D eigenvalue weighted by atomic mass is 10.1. The van der Waals surface area contributed by atoms with Crippen LogP contribution < -0.4 is 10.1 Å². The minimum atomic E-state index is -0.522. The first-order chi connectivity index (χ1) is 13.1. The van der Waals surface area contributed by atoms with E-state index < -0.39 is 6.04 Å². The number of carbonyl (C=O) groups is 2. The topological polar surface area (TPSA) is 71.5 Å². The molecule has 140 valence electrons. The summed E-state index contributed by atoms with van der Waals surface area (Å²) >= 11 is 0. The zero-order chi connectivity index (χ0) is 18.8. The molecule has 1 aliphatic heterocycles. The van der Waals surface area contributed by atoms with Crippen LogP contribution in [0.3, 0.4) is 0 Å². The molecule has 27 heavy (non-hydrogen) atoms. The van der Waals surface area contributed by atoms with E-state index in [-0.39, 0.29) is 24.0 Å². The fourth-order valence-corrected chi connectivity index (χ4v) is 3.44. The molecule has 2 heterocycles. The molecule has 0 unspecified atom stereocenters. The number of hydrogen-bond donors (Lipinski definition) is 1. The number of likely N-dealkylation sites (tertiary alicyclic amines) is 1. The maximum atomic E-state index is 13.1. The second kappa shape index (κ2) is 7.39. The van der Waals surface area contributed by atoms with Crippen LogP contribution in [0.15, 0.2) is 48.7 Å². The molecule has 1 aromatic heterocycles. The lowest BCUT2D eigenvalue weighted by Gasteiger charge is -2.24. The molecule has 0 spiro atoms. The van der Waals surface area contributed by atoms with Gasteiger partial charge in [-0.15, -0.1) is 0 Å². The summed E-state index contributed by atoms with van der Waals surface area (Å²) in [5.74, 6) is 0.484. The van der Waals surface area contributed by atoms with E-state index in [1.54, 1.807) is 30.2 Å². The van der Waals surface area contributed by atoms with Gasteiger partial charge in [0.25, 0.3) is 5.91 Å². The molecule has 2 amide bonds. The average Bonchev–Trinajstić information content (AvgIpc) is 3.39. The van der Waals surface area contributed by atoms with E-state index >= 15 is 0 Å². The fraction of sp³-hybridized carbons (Fsp3) is 0.381. The van der Waals surface area contributed by atoms with Gasteiger partial charge >= 0.3 is 0 Å². The molecule has 1 N–H and O–H groups in total. The summed E-state index contributed by atoms with van der Waals surface area (Å²) in [5, 5.41) is 3.03. The monoisotopic (exact) mass is 365 g/mol. The van der Waals surface area contributed by atoms with Crippen molar-refractivity contribution >= 4 is 11.8 Å². The molecule has 2 aromatic rings. The van der Waals surface area contributed by atoms with E-state index in [4.69, 9.17) is 4.74 Å². The van der Waals surface area contributed by atoms with Crippen LogP contribution in [-0.2, 0) is 4.79 Å². The van der Waals surface area contributed by atoms with Crippen LogP contribution in [0.5, 0.6) is 5.75 Å². The van der Waals surface area contributed by atoms with Crippen LogP contribution >= 0.6 is 0 Å². The molecule has 2 aliphatic rings. The predicted octanol–water partition coefficient (Wildman–Crippen LogP) is 2.33. The second-order valence-corrected chi connectivity index (χ2v) is 7.18. The third kappa shape index (κ3) is 3.94. The number of aryl methyl sites for hydroxylation is 1. The van der Waals surface area contributed by atoms with E-state index in [2.05, 4.69) is 10.3 Å². The van der Waals surface area contributed by atoms with Crippen molar-refractivity contribution in [1.82, 2.24) is 15.2 Å². The zero-order valence-electron chi connectivity index (χ0n) is 15.3. The third-order valence-electron chi connectivity index (χ3n) is 5.03. The Kier molecular flexibility index (Phi) is 4.79. The van der Waals surface area contributed by atoms with Crippen molar-refractivity contribution in [2.45, 2.75) is 44.4 Å². The van der Waals surface area contributed by atoms with Crippen molar-refractivity contribution in [2.75, 3.05) is 6.54 Å². The molecule has 0 radical (unpaired) electrons. The molecule has 1 aromatic carbocycles. The van der Waals surface area contributed by atoms with Gasteiger partial charge in [-0.1, -0.05) is 18.2 Å². The minimum Gasteiger partial charge on any atom is -0.488 e. The van der Waals surface area contributed by atoms with Gasteiger partial charge < -0.3 is 15.0 Å². The van der Waals surface area contributed by atoms with Gasteiger partial charge in [-0.2, -0.15) is 0 Å². The summed E-state index contributed by atoms with van der Waals surface area (Å²) in [6, 6.07) is 12.7. The first-order valence-electron chi connectivity index (χ1n) is 9.36. The molecule has 0 bridgehead atoms. The van der Waals surface area contributed by atoms with Gasteiger partial charge in [0.1, 0.15) is 17.9 Å². The molecule has 6 nitrogen and oxygen atoms in total. The molecule has 1 saturated heterocycles. The van der Waals surface area contributed by atoms with Crippen molar-refractivity contribution in [3.63, 3.8) is 0 Å². The van der Waals surface area contributed by atoms with Crippen molar-refractivity contribution in [1.29, 1.82) is 0 Å². The van der Waals surface area contributed by atoms with Gasteiger partial charge in [-0.05, 0) is 44.0 Å². The van der Waals surface area contributed by atoms with Crippen molar-refractivity contribution < 1.29 is 14.3 Å². The summed E-state index contributed by atoms with van der Waals surface area (Å²) in [4.78, 5) is 31.7. The van der Waals surface area contributed by atoms with Crippen LogP contribution in [-0.4, -0.2) is 46.4 Å². The van der Waals surface area contributed by atoms with Crippen LogP contribution in [0, 0.1) is 6.92 Å². The van der Waals surface area contributed by atoms with E-state index in [9.17, 15) is 9.59 Å². The Labute approximate surface area is 158 Å². The predicted molar refractivity (Wildman–Crippen MR) is 100 cm³/mol. The van der Waals surface area contributed by atoms with Gasteiger partial charge in [0.2, 0.25) is 5.91 Å². The Morgan fingerprint density at radius 1 is 1.15 bits per heavy atom. The van der Waals surface area contributed by atoms with Gasteiger partial charge in [-0.3, -0.25) is 14.6 Å². The van der Waals surface area contributed by atoms with Crippen molar-refractivity contribution in [3.8, 4) is 5.75 Å². The summed E-state index contributed by atoms with van der Waals surface area (Å²) < 4.78 is 6.03. The molecular weight excluding hydrogens is 342 g/mol. The Balaban J connectivity index is 1.55. The largest absolute Gasteiger partial charge is 0.488 e. The van der Waals surface area contributed by atoms with E-state index in [1.165, 1.54) is 0 Å². The number of hydrogen-bond acceptors (Lipinski definition) is 4. The highest BCUT2D eigenvalue weighted by Gasteiger charge is 2.42. The van der Waals surface area contributed by atoms with E-state index in [0.29, 0.717) is 24.2 Å². The first-order valence-corrected chi connectivity index (χ1v) is 9.36. The van der Waals surface area contributed by atoms with Gasteiger partial charge in [0.05, 0.1) is 12.1 Å². The summed E-state index contributed by atoms with van der Waals surface area (Å²) in [6.45, 7) is 2.19. The number of ether oxygens (including phenoxy) is 1. The van der Waals surface area contributed by atoms with Gasteiger partial charge in [-0.25, -0.2) is 0 Å². The number of nitrogens with zero attached hydrogens (tertiary/aromatic N) is 2. The lowest BCUT2D eigenvalue weighted by Crippen LogP contribution is -2.46. The number of benzene rings is 1. The molecule has 4 rings (SSSR count). The van der Waals surface area contributed by atoms with Gasteiger partial charge in [0, 0.05) is 24.4 Å². The number of carbonyl (C=O) groups excluding carboxylic acids is 2. The highest BCUT2D eigenvalue weighted by atomic mass is 16.5. The number of pyridine rings is 1. The van der Waals surface area contributed by atoms with Crippen molar-refractivity contribution in [2.24, 2.45) is 0 Å². The number of para-hydroxylation sites is 1. The van der Waals surface area contributed by atoms with Crippen molar-refractivity contribution in [3.05, 3.63) is 59.9 Å². The smallest absolute Gasteiger partial charge is 0.256 e. The third-order valence-corrected chi connectivity index (χ3v) is 5.03. The number of nitrogens with one attached hydrogen (secondary N) is 1. The Morgan fingerprint density at radius 3 is 2.63 bits per heavy atom. The molecular formula is C21H23N3O3. The highest BCUT2D eigenvalue weighted by Crippen LogP contribution is 2.27. The summed E-state index contributed by atoms with van der Waals surface area (Å²) in [7, 11) is 0. The molecule has 2 fully saturated rings. The standard InChI is InChI=1S/C21H23N3O3/c1-14-18(8-5-11-22-14)21(26)24-13-17(27-16-6-3-2-4-7-16)12-19(24)20(25)23-15-9-10-15/h2-8,11,15,17,19H,9-10,12-13H2,1H3,(H,23,25)/t17-,19-/m0/s1. The highest BCUT2D eigenvalue weighted by molar-refractivity contribution is 5.98. The average molecular weight is 365 g/mol. The van der Waals surface area contributed by atoms with Crippen LogP contribution in [0.1, 0.15) is 35.3 Å². The second-order valence-electron chi connectivity index (χ2n) is 7.18. The van der Waals surface area contributed by atoms with Crippen LogP contribution in [0.2, 0.25) is 0 Å². The number of aromatic nitrogens is 1. The Morgan fingerprint density at radius 2 is 1.93 bits per heavy atom. The van der Waals surface area contributed by atoms with Crippen LogP contribution in [0.25, 0.3) is 0 Å². The Hall–Kier alpha value is -2.89. The van der Waals surface area contributed by atoms with Gasteiger partial charge in [0.15, 0.2) is 0 Å². The normalized spacial score (nSPS) is 21.7. The fourth-order valence-electron chi connectivity index (χ4n) is 3.44. The molecule has 2 atom stereocenters.